The van der Waals surface area contributed by atoms with Crippen molar-refractivity contribution in [2.75, 3.05) is 26.4 Å². The van der Waals surface area contributed by atoms with Gasteiger partial charge < -0.3 is 19.7 Å². The highest BCUT2D eigenvalue weighted by Crippen LogP contribution is 2.47. The Bertz CT molecular complexity index is 179. The third-order valence-electron chi connectivity index (χ3n) is 3.54. The van der Waals surface area contributed by atoms with Gasteiger partial charge in [0.05, 0.1) is 38.6 Å². The lowest BCUT2D eigenvalue weighted by molar-refractivity contribution is -0.0718. The number of aliphatic hydroxyl groups excluding tert-OH is 2. The lowest BCUT2D eigenvalue weighted by Gasteiger charge is -2.29. The Morgan fingerprint density at radius 2 is 1.40 bits per heavy atom. The normalized spacial score (nSPS) is 38.8. The summed E-state index contributed by atoms with van der Waals surface area (Å²) in [6.45, 7) is 1.05. The molecule has 0 saturated heterocycles. The second-order valence-corrected chi connectivity index (χ2v) is 4.50. The molecular weight excluding hydrogens is 196 g/mol. The SMILES string of the molecule is OCCOC1CC2CC(OCCO)C1C2. The van der Waals surface area contributed by atoms with Gasteiger partial charge in [0.25, 0.3) is 0 Å². The number of ether oxygens (including phenoxy) is 2. The summed E-state index contributed by atoms with van der Waals surface area (Å²) in [4.78, 5) is 0. The minimum absolute atomic E-state index is 0.0933. The first kappa shape index (κ1) is 11.3. The van der Waals surface area contributed by atoms with E-state index in [9.17, 15) is 0 Å². The monoisotopic (exact) mass is 216 g/mol. The van der Waals surface area contributed by atoms with Crippen molar-refractivity contribution in [1.29, 1.82) is 0 Å². The van der Waals surface area contributed by atoms with E-state index in [1.807, 2.05) is 0 Å². The topological polar surface area (TPSA) is 58.9 Å². The zero-order valence-corrected chi connectivity index (χ0v) is 8.97. The standard InChI is InChI=1S/C11H20O4/c12-1-3-14-10-6-8-5-9(10)11(7-8)15-4-2-13/h8-13H,1-7H2. The Labute approximate surface area is 90.2 Å². The van der Waals surface area contributed by atoms with Gasteiger partial charge in [0.1, 0.15) is 0 Å². The predicted octanol–water partition coefficient (Wildman–Crippen LogP) is 0.171. The third kappa shape index (κ3) is 2.50. The lowest BCUT2D eigenvalue weighted by Crippen LogP contribution is -2.33. The first-order valence-corrected chi connectivity index (χ1v) is 5.80. The van der Waals surface area contributed by atoms with Crippen LogP contribution in [-0.4, -0.2) is 48.8 Å². The highest BCUT2D eigenvalue weighted by Gasteiger charge is 2.47. The van der Waals surface area contributed by atoms with Gasteiger partial charge in [0, 0.05) is 5.92 Å². The van der Waals surface area contributed by atoms with Crippen LogP contribution in [0.25, 0.3) is 0 Å². The maximum atomic E-state index is 8.71. The van der Waals surface area contributed by atoms with Crippen LogP contribution in [0.1, 0.15) is 19.3 Å². The molecule has 4 nitrogen and oxygen atoms in total. The quantitative estimate of drug-likeness (QED) is 0.664. The van der Waals surface area contributed by atoms with Gasteiger partial charge in [-0.25, -0.2) is 0 Å². The van der Waals surface area contributed by atoms with Gasteiger partial charge in [-0.1, -0.05) is 0 Å². The molecule has 4 heteroatoms. The molecule has 0 aromatic rings. The number of fused-ring (bicyclic) bond motifs is 2. The first-order valence-electron chi connectivity index (χ1n) is 5.80. The van der Waals surface area contributed by atoms with Gasteiger partial charge in [0.15, 0.2) is 0 Å². The largest absolute Gasteiger partial charge is 0.394 e. The predicted molar refractivity (Wildman–Crippen MR) is 54.5 cm³/mol. The molecular formula is C11H20O4. The van der Waals surface area contributed by atoms with Crippen LogP contribution < -0.4 is 0 Å². The smallest absolute Gasteiger partial charge is 0.0701 e. The Balaban J connectivity index is 1.80. The fraction of sp³-hybridized carbons (Fsp3) is 1.00. The highest BCUT2D eigenvalue weighted by atomic mass is 16.5. The molecule has 2 N–H and O–H groups in total. The van der Waals surface area contributed by atoms with E-state index in [-0.39, 0.29) is 25.4 Å². The zero-order chi connectivity index (χ0) is 10.7. The van der Waals surface area contributed by atoms with Crippen LogP contribution in [0.4, 0.5) is 0 Å². The van der Waals surface area contributed by atoms with Crippen LogP contribution >= 0.6 is 0 Å². The second-order valence-electron chi connectivity index (χ2n) is 4.50. The number of aliphatic hydroxyl groups is 2. The Kier molecular flexibility index (Phi) is 3.97. The average molecular weight is 216 g/mol. The van der Waals surface area contributed by atoms with E-state index in [2.05, 4.69) is 0 Å². The van der Waals surface area contributed by atoms with E-state index in [0.29, 0.717) is 19.1 Å². The van der Waals surface area contributed by atoms with Crippen molar-refractivity contribution >= 4 is 0 Å². The van der Waals surface area contributed by atoms with Crippen LogP contribution in [0.3, 0.4) is 0 Å². The molecule has 0 amide bonds. The van der Waals surface area contributed by atoms with E-state index in [4.69, 9.17) is 19.7 Å². The summed E-state index contributed by atoms with van der Waals surface area (Å²) in [5.41, 5.74) is 0. The van der Waals surface area contributed by atoms with Crippen molar-refractivity contribution < 1.29 is 19.7 Å². The van der Waals surface area contributed by atoms with Crippen molar-refractivity contribution in [2.24, 2.45) is 11.8 Å². The summed E-state index contributed by atoms with van der Waals surface area (Å²) in [6.07, 6.45) is 3.94. The fourth-order valence-corrected chi connectivity index (χ4v) is 3.01. The van der Waals surface area contributed by atoms with Gasteiger partial charge in [-0.2, -0.15) is 0 Å². The molecule has 2 aliphatic rings. The molecule has 88 valence electrons. The van der Waals surface area contributed by atoms with E-state index in [1.54, 1.807) is 0 Å². The van der Waals surface area contributed by atoms with Gasteiger partial charge in [-0.05, 0) is 25.2 Å². The number of hydrogen-bond donors (Lipinski definition) is 2. The molecule has 0 aromatic carbocycles. The maximum absolute atomic E-state index is 8.71. The minimum atomic E-state index is 0.0933. The summed E-state index contributed by atoms with van der Waals surface area (Å²) >= 11 is 0. The molecule has 0 radical (unpaired) electrons. The van der Waals surface area contributed by atoms with Crippen molar-refractivity contribution in [3.05, 3.63) is 0 Å². The molecule has 2 bridgehead atoms. The van der Waals surface area contributed by atoms with Crippen LogP contribution in [0.5, 0.6) is 0 Å². The van der Waals surface area contributed by atoms with Crippen molar-refractivity contribution in [3.8, 4) is 0 Å². The summed E-state index contributed by atoms with van der Waals surface area (Å²) in [5.74, 6) is 1.20. The van der Waals surface area contributed by atoms with E-state index < -0.39 is 0 Å². The molecule has 2 fully saturated rings. The first-order chi connectivity index (χ1) is 7.35. The Morgan fingerprint density at radius 3 is 1.80 bits per heavy atom. The summed E-state index contributed by atoms with van der Waals surface area (Å²) < 4.78 is 11.2. The van der Waals surface area contributed by atoms with Gasteiger partial charge in [0.2, 0.25) is 0 Å². The lowest BCUT2D eigenvalue weighted by atomic mass is 9.94. The van der Waals surface area contributed by atoms with E-state index >= 15 is 0 Å². The second kappa shape index (κ2) is 5.25. The van der Waals surface area contributed by atoms with Crippen LogP contribution in [-0.2, 0) is 9.47 Å². The van der Waals surface area contributed by atoms with Crippen LogP contribution in [0, 0.1) is 11.8 Å². The fourth-order valence-electron chi connectivity index (χ4n) is 3.01. The van der Waals surface area contributed by atoms with Crippen LogP contribution in [0.2, 0.25) is 0 Å². The number of rotatable bonds is 6. The van der Waals surface area contributed by atoms with Crippen molar-refractivity contribution in [2.45, 2.75) is 31.5 Å². The number of hydrogen-bond acceptors (Lipinski definition) is 4. The Morgan fingerprint density at radius 1 is 0.867 bits per heavy atom. The van der Waals surface area contributed by atoms with Gasteiger partial charge >= 0.3 is 0 Å². The zero-order valence-electron chi connectivity index (χ0n) is 8.97. The van der Waals surface area contributed by atoms with E-state index in [1.165, 1.54) is 6.42 Å². The summed E-state index contributed by atoms with van der Waals surface area (Å²) in [6, 6.07) is 0. The molecule has 15 heavy (non-hydrogen) atoms. The molecule has 2 aliphatic carbocycles. The summed E-state index contributed by atoms with van der Waals surface area (Å²) in [7, 11) is 0. The average Bonchev–Trinajstić information content (AvgIpc) is 2.82. The van der Waals surface area contributed by atoms with E-state index in [0.717, 1.165) is 18.8 Å². The molecule has 2 rings (SSSR count). The van der Waals surface area contributed by atoms with Crippen molar-refractivity contribution in [1.82, 2.24) is 0 Å². The highest BCUT2D eigenvalue weighted by molar-refractivity contribution is 4.97. The molecule has 2 saturated carbocycles. The molecule has 0 aliphatic heterocycles. The Hall–Kier alpha value is -0.160. The molecule has 0 spiro atoms. The van der Waals surface area contributed by atoms with Gasteiger partial charge in [-0.3, -0.25) is 0 Å². The maximum Gasteiger partial charge on any atom is 0.0701 e. The van der Waals surface area contributed by atoms with Gasteiger partial charge in [-0.15, -0.1) is 0 Å². The molecule has 2 unspecified atom stereocenters. The molecule has 0 aromatic heterocycles. The molecule has 0 heterocycles. The van der Waals surface area contributed by atoms with Crippen molar-refractivity contribution in [3.63, 3.8) is 0 Å². The molecule has 2 atom stereocenters. The summed E-state index contributed by atoms with van der Waals surface area (Å²) in [5, 5.41) is 17.4. The third-order valence-corrected chi connectivity index (χ3v) is 3.54. The van der Waals surface area contributed by atoms with Crippen LogP contribution in [0.15, 0.2) is 0 Å². The minimum Gasteiger partial charge on any atom is -0.394 e.